The van der Waals surface area contributed by atoms with Crippen molar-refractivity contribution in [2.75, 3.05) is 12.3 Å². The fraction of sp³-hybridized carbons (Fsp3) is 0.389. The van der Waals surface area contributed by atoms with Crippen LogP contribution in [0.25, 0.3) is 11.2 Å². The molecule has 0 aliphatic rings. The number of benzene rings is 1. The van der Waals surface area contributed by atoms with Gasteiger partial charge in [-0.2, -0.15) is 0 Å². The molecular formula is C18H23ClN6S. The smallest absolute Gasteiger partial charge is 0.175 e. The van der Waals surface area contributed by atoms with Gasteiger partial charge >= 0.3 is 0 Å². The Labute approximate surface area is 162 Å². The molecule has 0 aliphatic carbocycles. The Morgan fingerprint density at radius 2 is 2.08 bits per heavy atom. The number of nitrogens with zero attached hydrogens (tertiary/aromatic N) is 4. The van der Waals surface area contributed by atoms with Crippen LogP contribution in [0.4, 0.5) is 5.82 Å². The third kappa shape index (κ3) is 4.47. The topological polar surface area (TPSA) is 81.7 Å². The number of rotatable bonds is 7. The number of nitrogen functional groups attached to an aromatic ring is 1. The van der Waals surface area contributed by atoms with Gasteiger partial charge in [-0.25, -0.2) is 15.0 Å². The van der Waals surface area contributed by atoms with E-state index in [1.807, 2.05) is 19.1 Å². The van der Waals surface area contributed by atoms with Crippen LogP contribution in [0.1, 0.15) is 25.8 Å². The van der Waals surface area contributed by atoms with Gasteiger partial charge in [0.05, 0.1) is 0 Å². The SMILES string of the molecule is Cc1cc(Cl)cc(Sc2nc3c(N)ncnc3n2CCCNC(C)C)c1. The number of imidazole rings is 1. The third-order valence-corrected chi connectivity index (χ3v) is 5.05. The van der Waals surface area contributed by atoms with E-state index in [2.05, 4.69) is 39.8 Å². The molecular weight excluding hydrogens is 368 g/mol. The molecule has 8 heteroatoms. The summed E-state index contributed by atoms with van der Waals surface area (Å²) in [6.45, 7) is 8.04. The average molecular weight is 391 g/mol. The molecule has 2 heterocycles. The van der Waals surface area contributed by atoms with Gasteiger partial charge in [-0.1, -0.05) is 37.2 Å². The van der Waals surface area contributed by atoms with Crippen molar-refractivity contribution in [3.05, 3.63) is 35.1 Å². The van der Waals surface area contributed by atoms with Crippen LogP contribution in [0.3, 0.4) is 0 Å². The molecule has 3 aromatic rings. The molecule has 0 spiro atoms. The van der Waals surface area contributed by atoms with E-state index < -0.39 is 0 Å². The van der Waals surface area contributed by atoms with Crippen molar-refractivity contribution in [2.45, 2.75) is 49.8 Å². The van der Waals surface area contributed by atoms with E-state index in [0.717, 1.165) is 45.8 Å². The van der Waals surface area contributed by atoms with E-state index in [4.69, 9.17) is 22.3 Å². The zero-order chi connectivity index (χ0) is 18.7. The second-order valence-electron chi connectivity index (χ2n) is 6.51. The van der Waals surface area contributed by atoms with Gasteiger partial charge in [0.2, 0.25) is 0 Å². The molecule has 0 atom stereocenters. The summed E-state index contributed by atoms with van der Waals surface area (Å²) < 4.78 is 2.11. The molecule has 26 heavy (non-hydrogen) atoms. The van der Waals surface area contributed by atoms with Gasteiger partial charge in [-0.3, -0.25) is 0 Å². The van der Waals surface area contributed by atoms with Crippen LogP contribution in [0, 0.1) is 6.92 Å². The lowest BCUT2D eigenvalue weighted by Gasteiger charge is -2.11. The number of aryl methyl sites for hydroxylation is 2. The molecule has 0 saturated carbocycles. The van der Waals surface area contributed by atoms with Gasteiger partial charge in [0.1, 0.15) is 6.33 Å². The predicted octanol–water partition coefficient (Wildman–Crippen LogP) is 3.91. The number of nitrogens with one attached hydrogen (secondary N) is 1. The van der Waals surface area contributed by atoms with E-state index in [9.17, 15) is 0 Å². The summed E-state index contributed by atoms with van der Waals surface area (Å²) in [5.74, 6) is 0.401. The molecule has 3 rings (SSSR count). The van der Waals surface area contributed by atoms with Crippen molar-refractivity contribution < 1.29 is 0 Å². The van der Waals surface area contributed by atoms with Crippen molar-refractivity contribution in [2.24, 2.45) is 0 Å². The van der Waals surface area contributed by atoms with Gasteiger partial charge in [0.25, 0.3) is 0 Å². The first-order valence-corrected chi connectivity index (χ1v) is 9.78. The summed E-state index contributed by atoms with van der Waals surface area (Å²) in [6.07, 6.45) is 2.45. The molecule has 1 aromatic carbocycles. The summed E-state index contributed by atoms with van der Waals surface area (Å²) in [4.78, 5) is 14.2. The van der Waals surface area contributed by atoms with E-state index in [1.54, 1.807) is 11.8 Å². The summed E-state index contributed by atoms with van der Waals surface area (Å²) in [5.41, 5.74) is 8.53. The first-order valence-electron chi connectivity index (χ1n) is 8.59. The number of fused-ring (bicyclic) bond motifs is 1. The van der Waals surface area contributed by atoms with Gasteiger partial charge < -0.3 is 15.6 Å². The predicted molar refractivity (Wildman–Crippen MR) is 108 cm³/mol. The summed E-state index contributed by atoms with van der Waals surface area (Å²) in [7, 11) is 0. The Balaban J connectivity index is 1.92. The lowest BCUT2D eigenvalue weighted by atomic mass is 10.2. The van der Waals surface area contributed by atoms with Crippen LogP contribution >= 0.6 is 23.4 Å². The molecule has 0 bridgehead atoms. The zero-order valence-corrected chi connectivity index (χ0v) is 16.7. The highest BCUT2D eigenvalue weighted by Gasteiger charge is 2.16. The van der Waals surface area contributed by atoms with Crippen LogP contribution in [0.2, 0.25) is 5.02 Å². The van der Waals surface area contributed by atoms with Crippen LogP contribution in [-0.2, 0) is 6.54 Å². The average Bonchev–Trinajstić information content (AvgIpc) is 2.89. The minimum absolute atomic E-state index is 0.401. The molecule has 3 N–H and O–H groups in total. The number of nitrogens with two attached hydrogens (primary N) is 1. The van der Waals surface area contributed by atoms with Gasteiger partial charge in [0.15, 0.2) is 22.1 Å². The summed E-state index contributed by atoms with van der Waals surface area (Å²) in [6, 6.07) is 6.44. The number of hydrogen-bond donors (Lipinski definition) is 2. The van der Waals surface area contributed by atoms with Crippen LogP contribution in [0.15, 0.2) is 34.6 Å². The molecule has 138 valence electrons. The third-order valence-electron chi connectivity index (χ3n) is 3.86. The van der Waals surface area contributed by atoms with Crippen LogP contribution < -0.4 is 11.1 Å². The zero-order valence-electron chi connectivity index (χ0n) is 15.2. The van der Waals surface area contributed by atoms with Crippen molar-refractivity contribution in [3.63, 3.8) is 0 Å². The van der Waals surface area contributed by atoms with Crippen molar-refractivity contribution in [3.8, 4) is 0 Å². The van der Waals surface area contributed by atoms with Gasteiger partial charge in [-0.15, -0.1) is 0 Å². The molecule has 6 nitrogen and oxygen atoms in total. The summed E-state index contributed by atoms with van der Waals surface area (Å²) >= 11 is 7.77. The van der Waals surface area contributed by atoms with Crippen molar-refractivity contribution >= 4 is 40.3 Å². The second kappa shape index (κ2) is 8.24. The van der Waals surface area contributed by atoms with Crippen molar-refractivity contribution in [1.82, 2.24) is 24.8 Å². The molecule has 2 aromatic heterocycles. The van der Waals surface area contributed by atoms with Crippen molar-refractivity contribution in [1.29, 1.82) is 0 Å². The fourth-order valence-corrected chi connectivity index (χ4v) is 4.13. The molecule has 0 radical (unpaired) electrons. The highest BCUT2D eigenvalue weighted by molar-refractivity contribution is 7.99. The van der Waals surface area contributed by atoms with E-state index in [0.29, 0.717) is 17.4 Å². The molecule has 0 aliphatic heterocycles. The van der Waals surface area contributed by atoms with E-state index >= 15 is 0 Å². The summed E-state index contributed by atoms with van der Waals surface area (Å²) in [5, 5.41) is 5.00. The molecule has 0 unspecified atom stereocenters. The number of halogens is 1. The molecule has 0 fully saturated rings. The molecule has 0 amide bonds. The Kier molecular flexibility index (Phi) is 6.01. The molecule has 0 saturated heterocycles. The maximum absolute atomic E-state index is 6.20. The lowest BCUT2D eigenvalue weighted by Crippen LogP contribution is -2.24. The van der Waals surface area contributed by atoms with Crippen LogP contribution in [-0.4, -0.2) is 32.1 Å². The second-order valence-corrected chi connectivity index (χ2v) is 7.98. The minimum atomic E-state index is 0.401. The number of hydrogen-bond acceptors (Lipinski definition) is 6. The van der Waals surface area contributed by atoms with Gasteiger partial charge in [0, 0.05) is 22.5 Å². The maximum atomic E-state index is 6.20. The monoisotopic (exact) mass is 390 g/mol. The first kappa shape index (κ1) is 18.9. The maximum Gasteiger partial charge on any atom is 0.175 e. The Morgan fingerprint density at radius 1 is 1.27 bits per heavy atom. The Morgan fingerprint density at radius 3 is 2.81 bits per heavy atom. The number of aromatic nitrogens is 4. The van der Waals surface area contributed by atoms with E-state index in [1.165, 1.54) is 6.33 Å². The van der Waals surface area contributed by atoms with Gasteiger partial charge in [-0.05, 0) is 43.7 Å². The quantitative estimate of drug-likeness (QED) is 0.595. The minimum Gasteiger partial charge on any atom is -0.382 e. The number of anilines is 1. The normalized spacial score (nSPS) is 11.6. The standard InChI is InChI=1S/C18H23ClN6S/c1-11(2)21-5-4-6-25-17-15(16(20)22-10-23-17)24-18(25)26-14-8-12(3)7-13(19)9-14/h7-11,21H,4-6H2,1-3H3,(H2,20,22,23). The Hall–Kier alpha value is -1.83. The van der Waals surface area contributed by atoms with Crippen LogP contribution in [0.5, 0.6) is 0 Å². The fourth-order valence-electron chi connectivity index (χ4n) is 2.71. The largest absolute Gasteiger partial charge is 0.382 e. The lowest BCUT2D eigenvalue weighted by molar-refractivity contribution is 0.525. The highest BCUT2D eigenvalue weighted by atomic mass is 35.5. The van der Waals surface area contributed by atoms with E-state index in [-0.39, 0.29) is 0 Å². The Bertz CT molecular complexity index is 888. The first-order chi connectivity index (χ1) is 12.4. The highest BCUT2D eigenvalue weighted by Crippen LogP contribution is 2.32.